The summed E-state index contributed by atoms with van der Waals surface area (Å²) < 4.78 is 0. The summed E-state index contributed by atoms with van der Waals surface area (Å²) >= 11 is 0. The molecule has 0 unspecified atom stereocenters. The number of anilines is 1. The van der Waals surface area contributed by atoms with Gasteiger partial charge in [0.15, 0.2) is 0 Å². The predicted octanol–water partition coefficient (Wildman–Crippen LogP) is 3.77. The molecule has 2 aliphatic rings. The predicted molar refractivity (Wildman–Crippen MR) is 108 cm³/mol. The van der Waals surface area contributed by atoms with E-state index in [0.717, 1.165) is 31.4 Å². The van der Waals surface area contributed by atoms with Gasteiger partial charge < -0.3 is 4.90 Å². The first-order valence-electron chi connectivity index (χ1n) is 10.5. The quantitative estimate of drug-likeness (QED) is 0.754. The first-order valence-corrected chi connectivity index (χ1v) is 10.5. The number of likely N-dealkylation sites (tertiary alicyclic amines) is 1. The van der Waals surface area contributed by atoms with E-state index in [9.17, 15) is 0 Å². The Morgan fingerprint density at radius 2 is 1.77 bits per heavy atom. The lowest BCUT2D eigenvalue weighted by atomic mass is 9.82. The smallest absolute Gasteiger partial charge is 0.224 e. The van der Waals surface area contributed by atoms with Crippen LogP contribution in [0.3, 0.4) is 0 Å². The lowest BCUT2D eigenvalue weighted by Gasteiger charge is -2.29. The minimum Gasteiger partial charge on any atom is -0.344 e. The van der Waals surface area contributed by atoms with Gasteiger partial charge in [-0.25, -0.2) is 9.97 Å². The number of aromatic nitrogens is 2. The van der Waals surface area contributed by atoms with Crippen molar-refractivity contribution < 1.29 is 0 Å². The zero-order chi connectivity index (χ0) is 18.2. The zero-order valence-electron chi connectivity index (χ0n) is 16.6. The molecule has 4 heteroatoms. The Morgan fingerprint density at radius 1 is 1.08 bits per heavy atom. The van der Waals surface area contributed by atoms with Crippen LogP contribution in [0.25, 0.3) is 0 Å². The number of piperidine rings is 1. The normalized spacial score (nSPS) is 23.9. The molecular weight excluding hydrogens is 320 g/mol. The van der Waals surface area contributed by atoms with Crippen LogP contribution in [-0.4, -0.2) is 48.1 Å². The summed E-state index contributed by atoms with van der Waals surface area (Å²) in [6.07, 6.45) is 14.1. The molecule has 1 aliphatic carbocycles. The van der Waals surface area contributed by atoms with Crippen LogP contribution in [0.1, 0.15) is 57.4 Å². The molecule has 142 valence electrons. The molecule has 0 amide bonds. The molecule has 1 aliphatic heterocycles. The molecule has 2 fully saturated rings. The second-order valence-electron chi connectivity index (χ2n) is 8.00. The third-order valence-electron chi connectivity index (χ3n) is 5.88. The fraction of sp³-hybridized carbons (Fsp3) is 0.727. The number of rotatable bonds is 5. The summed E-state index contributed by atoms with van der Waals surface area (Å²) in [6, 6.07) is 0. The maximum Gasteiger partial charge on any atom is 0.224 e. The van der Waals surface area contributed by atoms with Crippen LogP contribution in [0.2, 0.25) is 0 Å². The SMILES string of the molecule is CCc1cnc(N(C)CC2CCC(C#CCN3CCCCC3)CC2)nc1. The number of aryl methyl sites for hydroxylation is 1. The second kappa shape index (κ2) is 9.92. The molecule has 0 aromatic carbocycles. The van der Waals surface area contributed by atoms with Gasteiger partial charge in [-0.05, 0) is 69.5 Å². The van der Waals surface area contributed by atoms with E-state index in [-0.39, 0.29) is 0 Å². The van der Waals surface area contributed by atoms with E-state index in [1.165, 1.54) is 63.6 Å². The molecule has 3 rings (SSSR count). The van der Waals surface area contributed by atoms with E-state index >= 15 is 0 Å². The first-order chi connectivity index (χ1) is 12.7. The van der Waals surface area contributed by atoms with E-state index in [1.54, 1.807) is 0 Å². The van der Waals surface area contributed by atoms with Crippen molar-refractivity contribution in [3.63, 3.8) is 0 Å². The summed E-state index contributed by atoms with van der Waals surface area (Å²) in [5.74, 6) is 9.23. The van der Waals surface area contributed by atoms with E-state index in [2.05, 4.69) is 45.6 Å². The minimum atomic E-state index is 0.612. The van der Waals surface area contributed by atoms with Crippen molar-refractivity contribution in [3.8, 4) is 11.8 Å². The van der Waals surface area contributed by atoms with Gasteiger partial charge in [0.25, 0.3) is 0 Å². The average molecular weight is 355 g/mol. The van der Waals surface area contributed by atoms with Gasteiger partial charge in [-0.2, -0.15) is 0 Å². The Bertz CT molecular complexity index is 587. The van der Waals surface area contributed by atoms with Gasteiger partial charge in [-0.3, -0.25) is 4.90 Å². The monoisotopic (exact) mass is 354 g/mol. The van der Waals surface area contributed by atoms with Crippen LogP contribution in [0.15, 0.2) is 12.4 Å². The Labute approximate surface area is 159 Å². The van der Waals surface area contributed by atoms with Gasteiger partial charge in [-0.15, -0.1) is 0 Å². The second-order valence-corrected chi connectivity index (χ2v) is 8.00. The molecule has 0 spiro atoms. The summed E-state index contributed by atoms with van der Waals surface area (Å²) in [7, 11) is 2.12. The molecule has 0 radical (unpaired) electrons. The molecule has 2 heterocycles. The highest BCUT2D eigenvalue weighted by molar-refractivity contribution is 5.28. The molecule has 26 heavy (non-hydrogen) atoms. The molecular formula is C22H34N4. The molecule has 0 bridgehead atoms. The van der Waals surface area contributed by atoms with Crippen LogP contribution in [0, 0.1) is 23.7 Å². The van der Waals surface area contributed by atoms with Crippen molar-refractivity contribution in [3.05, 3.63) is 18.0 Å². The molecule has 4 nitrogen and oxygen atoms in total. The van der Waals surface area contributed by atoms with Crippen LogP contribution in [0.4, 0.5) is 5.95 Å². The molecule has 1 aromatic rings. The fourth-order valence-electron chi connectivity index (χ4n) is 4.11. The molecule has 1 aromatic heterocycles. The summed E-state index contributed by atoms with van der Waals surface area (Å²) in [5, 5.41) is 0. The first kappa shape index (κ1) is 19.2. The third-order valence-corrected chi connectivity index (χ3v) is 5.88. The molecule has 0 N–H and O–H groups in total. The summed E-state index contributed by atoms with van der Waals surface area (Å²) in [4.78, 5) is 13.7. The van der Waals surface area contributed by atoms with Crippen LogP contribution in [0.5, 0.6) is 0 Å². The van der Waals surface area contributed by atoms with Crippen molar-refractivity contribution in [2.24, 2.45) is 11.8 Å². The number of hydrogen-bond acceptors (Lipinski definition) is 4. The summed E-state index contributed by atoms with van der Waals surface area (Å²) in [6.45, 7) is 6.66. The van der Waals surface area contributed by atoms with E-state index < -0.39 is 0 Å². The third kappa shape index (κ3) is 5.71. The largest absolute Gasteiger partial charge is 0.344 e. The van der Waals surface area contributed by atoms with E-state index in [0.29, 0.717) is 5.92 Å². The minimum absolute atomic E-state index is 0.612. The van der Waals surface area contributed by atoms with Crippen LogP contribution >= 0.6 is 0 Å². The van der Waals surface area contributed by atoms with Crippen molar-refractivity contribution in [2.45, 2.75) is 58.3 Å². The lowest BCUT2D eigenvalue weighted by molar-refractivity contribution is 0.254. The van der Waals surface area contributed by atoms with Crippen LogP contribution in [-0.2, 0) is 6.42 Å². The maximum absolute atomic E-state index is 4.50. The Kier molecular flexibility index (Phi) is 7.32. The fourth-order valence-corrected chi connectivity index (χ4v) is 4.11. The maximum atomic E-state index is 4.50. The Balaban J connectivity index is 1.39. The van der Waals surface area contributed by atoms with Crippen molar-refractivity contribution >= 4 is 5.95 Å². The van der Waals surface area contributed by atoms with Crippen molar-refractivity contribution in [2.75, 3.05) is 38.1 Å². The van der Waals surface area contributed by atoms with Crippen molar-refractivity contribution in [1.82, 2.24) is 14.9 Å². The Morgan fingerprint density at radius 3 is 2.42 bits per heavy atom. The zero-order valence-corrected chi connectivity index (χ0v) is 16.6. The lowest BCUT2D eigenvalue weighted by Crippen LogP contribution is -2.30. The highest BCUT2D eigenvalue weighted by atomic mass is 15.2. The van der Waals surface area contributed by atoms with Gasteiger partial charge in [0.05, 0.1) is 6.54 Å². The van der Waals surface area contributed by atoms with E-state index in [1.807, 2.05) is 12.4 Å². The molecule has 1 saturated heterocycles. The summed E-state index contributed by atoms with van der Waals surface area (Å²) in [5.41, 5.74) is 1.20. The van der Waals surface area contributed by atoms with Crippen LogP contribution < -0.4 is 4.90 Å². The van der Waals surface area contributed by atoms with Gasteiger partial charge in [0.1, 0.15) is 0 Å². The average Bonchev–Trinajstić information content (AvgIpc) is 2.70. The Hall–Kier alpha value is -1.60. The molecule has 1 saturated carbocycles. The van der Waals surface area contributed by atoms with Gasteiger partial charge in [0, 0.05) is 31.9 Å². The number of hydrogen-bond donors (Lipinski definition) is 0. The topological polar surface area (TPSA) is 32.3 Å². The van der Waals surface area contributed by atoms with Gasteiger partial charge in [-0.1, -0.05) is 25.2 Å². The van der Waals surface area contributed by atoms with Gasteiger partial charge in [0.2, 0.25) is 5.95 Å². The number of nitrogens with zero attached hydrogens (tertiary/aromatic N) is 4. The van der Waals surface area contributed by atoms with E-state index in [4.69, 9.17) is 0 Å². The highest BCUT2D eigenvalue weighted by Gasteiger charge is 2.21. The molecule has 0 atom stereocenters. The highest BCUT2D eigenvalue weighted by Crippen LogP contribution is 2.29. The standard InChI is InChI=1S/C22H34N4/c1-3-19-16-23-22(24-17-19)25(2)18-21-11-9-20(10-12-21)8-7-15-26-13-5-4-6-14-26/h16-17,20-21H,3-6,9-15,18H2,1-2H3. The van der Waals surface area contributed by atoms with Gasteiger partial charge >= 0.3 is 0 Å². The van der Waals surface area contributed by atoms with Crippen molar-refractivity contribution in [1.29, 1.82) is 0 Å².